The van der Waals surface area contributed by atoms with E-state index in [9.17, 15) is 10.5 Å². The third kappa shape index (κ3) is 9.82. The molecule has 10 heteroatoms. The summed E-state index contributed by atoms with van der Waals surface area (Å²) in [7, 11) is 0. The number of nitrogens with zero attached hydrogens (tertiary/aromatic N) is 6. The molecule has 1 fully saturated rings. The van der Waals surface area contributed by atoms with Crippen molar-refractivity contribution in [1.82, 2.24) is 24.8 Å². The molecule has 318 valence electrons. The minimum absolute atomic E-state index is 0.420. The third-order valence-electron chi connectivity index (χ3n) is 14.5. The quantitative estimate of drug-likeness (QED) is 0.0833. The van der Waals surface area contributed by atoms with Crippen LogP contribution in [0.1, 0.15) is 157 Å². The number of nitrogens with two attached hydrogens (primary N) is 1. The van der Waals surface area contributed by atoms with Gasteiger partial charge in [-0.25, -0.2) is 9.97 Å². The molecule has 4 rings (SSSR count). The van der Waals surface area contributed by atoms with Gasteiger partial charge < -0.3 is 20.5 Å². The zero-order valence-electron chi connectivity index (χ0n) is 37.7. The Morgan fingerprint density at radius 3 is 2.31 bits per heavy atom. The molecule has 3 atom stereocenters. The van der Waals surface area contributed by atoms with Crippen LogP contribution < -0.4 is 11.1 Å². The molecule has 2 aromatic heterocycles. The standard InChI is InChI=1S/C48H74N8S2/c1-13-14-23-39-54-40-41(37-21-17-18-22-38(37)53-42(40)51)56(39)27-20-16-15-19-25-47(11,33-50)45(8,9)48(12,36(5)52-30-34(2)3)31-44(6,7)46(10,32-49)26-24-35(4)55-28-29-58-43(55)57/h18,22,34,52H,4-5,13-17,19-21,23-31H2,1-3,6-12H3,(H2,51,53). The smallest absolute Gasteiger partial charge is 0.152 e. The van der Waals surface area contributed by atoms with Gasteiger partial charge in [0.15, 0.2) is 5.82 Å². The number of nitriles is 2. The molecule has 3 N–H and O–H groups in total. The van der Waals surface area contributed by atoms with Crippen molar-refractivity contribution in [2.24, 2.45) is 33.0 Å². The summed E-state index contributed by atoms with van der Waals surface area (Å²) >= 11 is 7.28. The van der Waals surface area contributed by atoms with E-state index in [-0.39, 0.29) is 0 Å². The Morgan fingerprint density at radius 1 is 1.00 bits per heavy atom. The summed E-state index contributed by atoms with van der Waals surface area (Å²) in [5.74, 6) is 3.06. The molecule has 3 unspecified atom stereocenters. The highest BCUT2D eigenvalue weighted by Crippen LogP contribution is 2.62. The topological polar surface area (TPSA) is 120 Å². The minimum atomic E-state index is -0.654. The third-order valence-corrected chi connectivity index (χ3v) is 15.9. The van der Waals surface area contributed by atoms with Crippen LogP contribution in [-0.2, 0) is 19.4 Å². The number of aryl methyl sites for hydroxylation is 3. The molecule has 58 heavy (non-hydrogen) atoms. The maximum absolute atomic E-state index is 11.1. The highest BCUT2D eigenvalue weighted by atomic mass is 32.2. The summed E-state index contributed by atoms with van der Waals surface area (Å²) in [6.45, 7) is 33.9. The number of hydrogen-bond acceptors (Lipinski definition) is 8. The fourth-order valence-corrected chi connectivity index (χ4v) is 10.5. The van der Waals surface area contributed by atoms with Crippen molar-refractivity contribution in [2.45, 2.75) is 159 Å². The zero-order valence-corrected chi connectivity index (χ0v) is 39.4. The van der Waals surface area contributed by atoms with Gasteiger partial charge in [0.2, 0.25) is 0 Å². The summed E-state index contributed by atoms with van der Waals surface area (Å²) in [4.78, 5) is 11.9. The predicted molar refractivity (Wildman–Crippen MR) is 251 cm³/mol. The van der Waals surface area contributed by atoms with E-state index in [1.165, 1.54) is 11.1 Å². The number of allylic oxidation sites excluding steroid dienone is 3. The zero-order chi connectivity index (χ0) is 43.1. The van der Waals surface area contributed by atoms with Gasteiger partial charge in [0.25, 0.3) is 0 Å². The van der Waals surface area contributed by atoms with E-state index in [2.05, 4.69) is 115 Å². The molecule has 0 spiro atoms. The van der Waals surface area contributed by atoms with Crippen LogP contribution in [0.4, 0.5) is 5.82 Å². The van der Waals surface area contributed by atoms with Crippen LogP contribution in [0, 0.1) is 55.7 Å². The monoisotopic (exact) mass is 827 g/mol. The number of fused-ring (bicyclic) bond motifs is 3. The SMILES string of the molecule is C=C(CCC(C)(C#N)C(C)(C)CC(C)(C(=C)NCC(C)C)C(C)(C)C(C)(C#N)CCCCCCn1c(CCCC)nc2c(N)nc3c(c21)CCC=C3)N1CCSC1=S. The van der Waals surface area contributed by atoms with Crippen LogP contribution >= 0.6 is 24.0 Å². The molecule has 2 aromatic rings. The lowest BCUT2D eigenvalue weighted by Crippen LogP contribution is -2.53. The number of anilines is 1. The van der Waals surface area contributed by atoms with E-state index in [1.54, 1.807) is 11.8 Å². The predicted octanol–water partition coefficient (Wildman–Crippen LogP) is 12.2. The number of nitrogen functional groups attached to an aromatic ring is 1. The molecule has 3 heterocycles. The van der Waals surface area contributed by atoms with Crippen molar-refractivity contribution in [2.75, 3.05) is 24.6 Å². The second-order valence-electron chi connectivity index (χ2n) is 19.4. The van der Waals surface area contributed by atoms with Crippen LogP contribution in [0.2, 0.25) is 0 Å². The van der Waals surface area contributed by atoms with Gasteiger partial charge in [-0.05, 0) is 88.0 Å². The second-order valence-corrected chi connectivity index (χ2v) is 21.2. The van der Waals surface area contributed by atoms with Crippen molar-refractivity contribution in [1.29, 1.82) is 10.5 Å². The number of rotatable bonds is 23. The highest BCUT2D eigenvalue weighted by Gasteiger charge is 2.58. The van der Waals surface area contributed by atoms with E-state index in [0.717, 1.165) is 122 Å². The average molecular weight is 827 g/mol. The Balaban J connectivity index is 1.51. The fraction of sp³-hybridized carbons (Fsp3) is 0.688. The van der Waals surface area contributed by atoms with Gasteiger partial charge in [-0.15, -0.1) is 0 Å². The van der Waals surface area contributed by atoms with E-state index in [4.69, 9.17) is 34.5 Å². The minimum Gasteiger partial charge on any atom is -0.388 e. The normalized spacial score (nSPS) is 17.7. The lowest BCUT2D eigenvalue weighted by atomic mass is 9.46. The lowest BCUT2D eigenvalue weighted by molar-refractivity contribution is -0.0427. The van der Waals surface area contributed by atoms with Gasteiger partial charge in [-0.2, -0.15) is 10.5 Å². The first-order chi connectivity index (χ1) is 27.2. The molecule has 8 nitrogen and oxygen atoms in total. The first kappa shape index (κ1) is 47.3. The second kappa shape index (κ2) is 19.4. The van der Waals surface area contributed by atoms with E-state index < -0.39 is 27.1 Å². The molecule has 0 saturated carbocycles. The Labute approximate surface area is 361 Å². The molecule has 1 saturated heterocycles. The van der Waals surface area contributed by atoms with Crippen molar-refractivity contribution in [3.63, 3.8) is 0 Å². The maximum atomic E-state index is 11.1. The number of imidazole rings is 1. The number of nitrogens with one attached hydrogen (secondary N) is 1. The van der Waals surface area contributed by atoms with Crippen LogP contribution in [-0.4, -0.2) is 42.6 Å². The molecule has 0 amide bonds. The van der Waals surface area contributed by atoms with Gasteiger partial charge in [0, 0.05) is 54.2 Å². The van der Waals surface area contributed by atoms with Crippen molar-refractivity contribution < 1.29 is 0 Å². The Morgan fingerprint density at radius 2 is 1.69 bits per heavy atom. The summed E-state index contributed by atoms with van der Waals surface area (Å²) in [6.07, 6.45) is 16.4. The number of thiocarbonyl (C=S) groups is 1. The van der Waals surface area contributed by atoms with Gasteiger partial charge in [-0.1, -0.05) is 124 Å². The summed E-state index contributed by atoms with van der Waals surface area (Å²) in [5.41, 5.74) is 10.00. The number of thioether (sulfide) groups is 1. The lowest BCUT2D eigenvalue weighted by Gasteiger charge is -2.57. The molecular weight excluding hydrogens is 753 g/mol. The number of aromatic nitrogens is 3. The van der Waals surface area contributed by atoms with E-state index in [0.29, 0.717) is 31.0 Å². The van der Waals surface area contributed by atoms with Gasteiger partial charge in [0.05, 0.1) is 34.2 Å². The first-order valence-corrected chi connectivity index (χ1v) is 23.3. The van der Waals surface area contributed by atoms with Crippen LogP contribution in [0.5, 0.6) is 0 Å². The van der Waals surface area contributed by atoms with Gasteiger partial charge in [0.1, 0.15) is 15.7 Å². The molecule has 0 aromatic carbocycles. The maximum Gasteiger partial charge on any atom is 0.152 e. The highest BCUT2D eigenvalue weighted by molar-refractivity contribution is 8.23. The Kier molecular flexibility index (Phi) is 15.8. The number of hydrogen-bond donors (Lipinski definition) is 2. The average Bonchev–Trinajstić information content (AvgIpc) is 3.79. The largest absolute Gasteiger partial charge is 0.388 e. The van der Waals surface area contributed by atoms with Gasteiger partial charge >= 0.3 is 0 Å². The van der Waals surface area contributed by atoms with E-state index in [1.807, 2.05) is 0 Å². The molecule has 0 radical (unpaired) electrons. The van der Waals surface area contributed by atoms with E-state index >= 15 is 0 Å². The Bertz CT molecular complexity index is 1920. The fourth-order valence-electron chi connectivity index (χ4n) is 9.21. The van der Waals surface area contributed by atoms with Crippen molar-refractivity contribution >= 4 is 51.2 Å². The van der Waals surface area contributed by atoms with Gasteiger partial charge in [-0.3, -0.25) is 0 Å². The molecule has 1 aliphatic heterocycles. The first-order valence-electron chi connectivity index (χ1n) is 21.9. The number of unbranched alkanes of at least 4 members (excludes halogenated alkanes) is 4. The summed E-state index contributed by atoms with van der Waals surface area (Å²) in [6, 6.07) is 5.62. The van der Waals surface area contributed by atoms with Crippen LogP contribution in [0.25, 0.3) is 17.1 Å². The molecule has 0 bridgehead atoms. The summed E-state index contributed by atoms with van der Waals surface area (Å²) < 4.78 is 3.32. The van der Waals surface area contributed by atoms with Crippen molar-refractivity contribution in [3.05, 3.63) is 47.7 Å². The van der Waals surface area contributed by atoms with Crippen LogP contribution in [0.15, 0.2) is 30.6 Å². The summed E-state index contributed by atoms with van der Waals surface area (Å²) in [5, 5.41) is 25.7. The Hall–Kier alpha value is -3.34. The molecular formula is C48H74N8S2. The van der Waals surface area contributed by atoms with Crippen LogP contribution in [0.3, 0.4) is 0 Å². The molecule has 2 aliphatic rings. The van der Waals surface area contributed by atoms with Crippen molar-refractivity contribution in [3.8, 4) is 12.1 Å². The molecule has 1 aliphatic carbocycles. The number of pyridine rings is 1.